The molecule has 1 saturated carbocycles. The molecular formula is C15H18N2O2. The van der Waals surface area contributed by atoms with Crippen molar-refractivity contribution < 1.29 is 9.53 Å². The van der Waals surface area contributed by atoms with E-state index < -0.39 is 5.92 Å². The zero-order valence-electron chi connectivity index (χ0n) is 11.1. The Bertz CT molecular complexity index is 472. The van der Waals surface area contributed by atoms with Crippen LogP contribution in [0.15, 0.2) is 24.3 Å². The molecule has 1 atom stereocenters. The van der Waals surface area contributed by atoms with Crippen LogP contribution < -0.4 is 10.1 Å². The number of benzene rings is 1. The van der Waals surface area contributed by atoms with Gasteiger partial charge in [0.2, 0.25) is 5.91 Å². The molecule has 1 amide bonds. The predicted molar refractivity (Wildman–Crippen MR) is 71.6 cm³/mol. The van der Waals surface area contributed by atoms with Gasteiger partial charge >= 0.3 is 0 Å². The highest BCUT2D eigenvalue weighted by atomic mass is 16.5. The van der Waals surface area contributed by atoms with Gasteiger partial charge in [0.05, 0.1) is 12.7 Å². The third-order valence-electron chi connectivity index (χ3n) is 3.07. The van der Waals surface area contributed by atoms with Gasteiger partial charge in [0.1, 0.15) is 11.7 Å². The Hall–Kier alpha value is -2.02. The molecule has 0 radical (unpaired) electrons. The highest BCUT2D eigenvalue weighted by Crippen LogP contribution is 2.20. The zero-order valence-corrected chi connectivity index (χ0v) is 11.1. The minimum atomic E-state index is -0.612. The van der Waals surface area contributed by atoms with E-state index in [1.165, 1.54) is 0 Å². The van der Waals surface area contributed by atoms with Crippen LogP contribution in [-0.2, 0) is 11.2 Å². The molecule has 1 aliphatic carbocycles. The molecule has 2 rings (SSSR count). The molecule has 1 aromatic rings. The van der Waals surface area contributed by atoms with E-state index in [-0.39, 0.29) is 5.91 Å². The molecule has 0 saturated heterocycles. The number of ether oxygens (including phenoxy) is 1. The van der Waals surface area contributed by atoms with Crippen LogP contribution in [0, 0.1) is 17.2 Å². The average molecular weight is 258 g/mol. The normalized spacial score (nSPS) is 15.4. The van der Waals surface area contributed by atoms with Crippen LogP contribution in [0.3, 0.4) is 0 Å². The molecular weight excluding hydrogens is 240 g/mol. The maximum Gasteiger partial charge on any atom is 0.237 e. The molecule has 1 N–H and O–H groups in total. The number of nitrogens with one attached hydrogen (secondary N) is 1. The lowest BCUT2D eigenvalue weighted by atomic mass is 10.00. The van der Waals surface area contributed by atoms with Crippen LogP contribution in [0.4, 0.5) is 0 Å². The summed E-state index contributed by atoms with van der Waals surface area (Å²) in [6.45, 7) is 2.56. The van der Waals surface area contributed by atoms with Crippen molar-refractivity contribution >= 4 is 5.91 Å². The van der Waals surface area contributed by atoms with E-state index in [4.69, 9.17) is 10.00 Å². The largest absolute Gasteiger partial charge is 0.494 e. The minimum Gasteiger partial charge on any atom is -0.494 e. The van der Waals surface area contributed by atoms with Crippen molar-refractivity contribution in [2.24, 2.45) is 5.92 Å². The first kappa shape index (κ1) is 13.4. The van der Waals surface area contributed by atoms with Crippen molar-refractivity contribution in [3.8, 4) is 11.8 Å². The van der Waals surface area contributed by atoms with Crippen LogP contribution in [0.25, 0.3) is 0 Å². The van der Waals surface area contributed by atoms with Crippen LogP contribution in [0.2, 0.25) is 0 Å². The van der Waals surface area contributed by atoms with Crippen molar-refractivity contribution in [2.75, 3.05) is 6.61 Å². The van der Waals surface area contributed by atoms with E-state index in [1.807, 2.05) is 31.2 Å². The maximum atomic E-state index is 11.8. The molecule has 1 aromatic carbocycles. The third kappa shape index (κ3) is 3.99. The monoisotopic (exact) mass is 258 g/mol. The molecule has 1 fully saturated rings. The van der Waals surface area contributed by atoms with Gasteiger partial charge in [-0.25, -0.2) is 0 Å². The lowest BCUT2D eigenvalue weighted by molar-refractivity contribution is -0.123. The molecule has 100 valence electrons. The second kappa shape index (κ2) is 6.24. The Morgan fingerprint density at radius 2 is 2.16 bits per heavy atom. The number of hydrogen-bond acceptors (Lipinski definition) is 3. The first-order chi connectivity index (χ1) is 9.22. The number of hydrogen-bond donors (Lipinski definition) is 1. The zero-order chi connectivity index (χ0) is 13.7. The van der Waals surface area contributed by atoms with Gasteiger partial charge in [-0.05, 0) is 43.9 Å². The highest BCUT2D eigenvalue weighted by molar-refractivity contribution is 5.81. The fourth-order valence-corrected chi connectivity index (χ4v) is 1.85. The lowest BCUT2D eigenvalue weighted by Gasteiger charge is -2.10. The first-order valence-electron chi connectivity index (χ1n) is 6.64. The van der Waals surface area contributed by atoms with Gasteiger partial charge in [-0.1, -0.05) is 12.1 Å². The number of carbonyl (C=O) groups is 1. The van der Waals surface area contributed by atoms with Gasteiger partial charge in [0, 0.05) is 6.04 Å². The van der Waals surface area contributed by atoms with E-state index in [0.717, 1.165) is 24.2 Å². The molecule has 19 heavy (non-hydrogen) atoms. The number of carbonyl (C=O) groups excluding carboxylic acids is 1. The second-order valence-electron chi connectivity index (χ2n) is 4.75. The van der Waals surface area contributed by atoms with E-state index in [1.54, 1.807) is 0 Å². The molecule has 4 heteroatoms. The van der Waals surface area contributed by atoms with Crippen molar-refractivity contribution in [2.45, 2.75) is 32.2 Å². The topological polar surface area (TPSA) is 62.1 Å². The van der Waals surface area contributed by atoms with Crippen LogP contribution in [-0.4, -0.2) is 18.6 Å². The number of amides is 1. The summed E-state index contributed by atoms with van der Waals surface area (Å²) in [7, 11) is 0. The Morgan fingerprint density at radius 1 is 1.47 bits per heavy atom. The fourth-order valence-electron chi connectivity index (χ4n) is 1.85. The van der Waals surface area contributed by atoms with Gasteiger partial charge in [-0.2, -0.15) is 5.26 Å². The van der Waals surface area contributed by atoms with Gasteiger partial charge in [0.25, 0.3) is 0 Å². The van der Waals surface area contributed by atoms with E-state index >= 15 is 0 Å². The quantitative estimate of drug-likeness (QED) is 0.849. The SMILES string of the molecule is CCOc1ccc(CC(C#N)C(=O)NC2CC2)cc1. The average Bonchev–Trinajstić information content (AvgIpc) is 3.22. The van der Waals surface area contributed by atoms with Gasteiger partial charge in [0.15, 0.2) is 0 Å². The molecule has 0 aromatic heterocycles. The summed E-state index contributed by atoms with van der Waals surface area (Å²) >= 11 is 0. The smallest absolute Gasteiger partial charge is 0.237 e. The third-order valence-corrected chi connectivity index (χ3v) is 3.07. The lowest BCUT2D eigenvalue weighted by Crippen LogP contribution is -2.32. The number of nitriles is 1. The number of nitrogens with zero attached hydrogens (tertiary/aromatic N) is 1. The molecule has 0 aliphatic heterocycles. The van der Waals surface area contributed by atoms with Gasteiger partial charge in [-0.3, -0.25) is 4.79 Å². The van der Waals surface area contributed by atoms with Crippen LogP contribution >= 0.6 is 0 Å². The maximum absolute atomic E-state index is 11.8. The van der Waals surface area contributed by atoms with Crippen LogP contribution in [0.1, 0.15) is 25.3 Å². The van der Waals surface area contributed by atoms with Crippen molar-refractivity contribution in [3.63, 3.8) is 0 Å². The fraction of sp³-hybridized carbons (Fsp3) is 0.467. The Kier molecular flexibility index (Phi) is 4.40. The van der Waals surface area contributed by atoms with Crippen LogP contribution in [0.5, 0.6) is 5.75 Å². The van der Waals surface area contributed by atoms with E-state index in [0.29, 0.717) is 19.1 Å². The van der Waals surface area contributed by atoms with E-state index in [9.17, 15) is 4.79 Å². The molecule has 1 unspecified atom stereocenters. The highest BCUT2D eigenvalue weighted by Gasteiger charge is 2.27. The first-order valence-corrected chi connectivity index (χ1v) is 6.64. The van der Waals surface area contributed by atoms with Crippen molar-refractivity contribution in [3.05, 3.63) is 29.8 Å². The number of rotatable bonds is 6. The predicted octanol–water partition coefficient (Wildman–Crippen LogP) is 2.05. The molecule has 4 nitrogen and oxygen atoms in total. The summed E-state index contributed by atoms with van der Waals surface area (Å²) in [6.07, 6.45) is 2.52. The summed E-state index contributed by atoms with van der Waals surface area (Å²) in [5.74, 6) is 0.0413. The van der Waals surface area contributed by atoms with Gasteiger partial charge in [-0.15, -0.1) is 0 Å². The van der Waals surface area contributed by atoms with Crippen molar-refractivity contribution in [1.82, 2.24) is 5.32 Å². The second-order valence-corrected chi connectivity index (χ2v) is 4.75. The minimum absolute atomic E-state index is 0.154. The van der Waals surface area contributed by atoms with Gasteiger partial charge < -0.3 is 10.1 Å². The Labute approximate surface area is 113 Å². The molecule has 0 bridgehead atoms. The summed E-state index contributed by atoms with van der Waals surface area (Å²) in [4.78, 5) is 11.8. The molecule has 1 aliphatic rings. The molecule has 0 heterocycles. The summed E-state index contributed by atoms with van der Waals surface area (Å²) in [5.41, 5.74) is 0.973. The van der Waals surface area contributed by atoms with E-state index in [2.05, 4.69) is 11.4 Å². The molecule has 0 spiro atoms. The summed E-state index contributed by atoms with van der Waals surface area (Å²) in [5, 5.41) is 12.0. The standard InChI is InChI=1S/C15H18N2O2/c1-2-19-14-7-3-11(4-8-14)9-12(10-16)15(18)17-13-5-6-13/h3-4,7-8,12-13H,2,5-6,9H2,1H3,(H,17,18). The Morgan fingerprint density at radius 3 is 2.68 bits per heavy atom. The van der Waals surface area contributed by atoms with Crippen molar-refractivity contribution in [1.29, 1.82) is 5.26 Å². The summed E-state index contributed by atoms with van der Waals surface area (Å²) in [6, 6.07) is 9.91. The Balaban J connectivity index is 1.93. The summed E-state index contributed by atoms with van der Waals surface area (Å²) < 4.78 is 5.36.